The number of alkyl halides is 3. The molecule has 6 nitrogen and oxygen atoms in total. The second-order valence-corrected chi connectivity index (χ2v) is 10.9. The van der Waals surface area contributed by atoms with Crippen LogP contribution in [0.15, 0.2) is 24.4 Å². The zero-order valence-corrected chi connectivity index (χ0v) is 17.6. The van der Waals surface area contributed by atoms with Crippen LogP contribution in [0.5, 0.6) is 0 Å². The van der Waals surface area contributed by atoms with Gasteiger partial charge in [-0.1, -0.05) is 11.6 Å². The van der Waals surface area contributed by atoms with Crippen LogP contribution in [-0.2, 0) is 10.7 Å². The molecular formula is C18H22ClF3N5OP. The van der Waals surface area contributed by atoms with Crippen LogP contribution in [0.1, 0.15) is 18.4 Å². The highest BCUT2D eigenvalue weighted by Gasteiger charge is 2.36. The molecule has 0 aliphatic carbocycles. The van der Waals surface area contributed by atoms with E-state index in [2.05, 4.69) is 25.9 Å². The third-order valence-corrected chi connectivity index (χ3v) is 6.28. The van der Waals surface area contributed by atoms with Gasteiger partial charge >= 0.3 is 6.18 Å². The molecule has 0 radical (unpaired) electrons. The average molecular weight is 448 g/mol. The minimum atomic E-state index is -4.65. The summed E-state index contributed by atoms with van der Waals surface area (Å²) in [5, 5.41) is 9.69. The monoisotopic (exact) mass is 447 g/mol. The third kappa shape index (κ3) is 5.62. The molecule has 158 valence electrons. The number of anilines is 3. The lowest BCUT2D eigenvalue weighted by Crippen LogP contribution is -2.38. The largest absolute Gasteiger partial charge is 0.421 e. The fraction of sp³-hybridized carbons (Fsp3) is 0.444. The summed E-state index contributed by atoms with van der Waals surface area (Å²) in [6, 6.07) is 4.54. The molecule has 1 aromatic carbocycles. The van der Waals surface area contributed by atoms with E-state index >= 15 is 0 Å². The van der Waals surface area contributed by atoms with E-state index in [0.29, 0.717) is 16.9 Å². The molecule has 1 atom stereocenters. The van der Waals surface area contributed by atoms with Crippen molar-refractivity contribution in [2.75, 3.05) is 37.1 Å². The van der Waals surface area contributed by atoms with Gasteiger partial charge in [0, 0.05) is 29.1 Å². The first kappa shape index (κ1) is 21.9. The Morgan fingerprint density at radius 3 is 2.69 bits per heavy atom. The zero-order chi connectivity index (χ0) is 21.2. The second-order valence-electron chi connectivity index (χ2n) is 7.28. The van der Waals surface area contributed by atoms with E-state index in [4.69, 9.17) is 11.6 Å². The summed E-state index contributed by atoms with van der Waals surface area (Å²) >= 11 is 5.99. The van der Waals surface area contributed by atoms with Gasteiger partial charge in [0.2, 0.25) is 5.95 Å². The first-order valence-corrected chi connectivity index (χ1v) is 12.1. The van der Waals surface area contributed by atoms with Gasteiger partial charge in [-0.3, -0.25) is 0 Å². The van der Waals surface area contributed by atoms with E-state index in [9.17, 15) is 17.7 Å². The number of rotatable bonds is 5. The lowest BCUT2D eigenvalue weighted by Gasteiger charge is -2.24. The highest BCUT2D eigenvalue weighted by atomic mass is 35.5. The molecule has 1 unspecified atom stereocenters. The van der Waals surface area contributed by atoms with Crippen molar-refractivity contribution in [3.63, 3.8) is 0 Å². The van der Waals surface area contributed by atoms with Gasteiger partial charge in [-0.15, -0.1) is 0 Å². The van der Waals surface area contributed by atoms with E-state index in [1.807, 2.05) is 0 Å². The van der Waals surface area contributed by atoms with Crippen molar-refractivity contribution >= 4 is 41.5 Å². The first-order valence-electron chi connectivity index (χ1n) is 9.07. The summed E-state index contributed by atoms with van der Waals surface area (Å²) in [6.45, 7) is 4.64. The van der Waals surface area contributed by atoms with Gasteiger partial charge in [-0.05, 0) is 50.9 Å². The summed E-state index contributed by atoms with van der Waals surface area (Å²) in [4.78, 5) is 7.91. The molecule has 0 spiro atoms. The number of hydrogen-bond donors (Lipinski definition) is 3. The number of nitrogens with zero attached hydrogens (tertiary/aromatic N) is 2. The van der Waals surface area contributed by atoms with Crippen molar-refractivity contribution in [1.29, 1.82) is 0 Å². The number of aromatic nitrogens is 2. The Labute approximate surface area is 172 Å². The summed E-state index contributed by atoms with van der Waals surface area (Å²) in [7, 11) is -2.81. The molecule has 2 aromatic rings. The Kier molecular flexibility index (Phi) is 6.41. The van der Waals surface area contributed by atoms with Gasteiger partial charge in [-0.25, -0.2) is 4.98 Å². The van der Waals surface area contributed by atoms with Gasteiger partial charge in [0.1, 0.15) is 18.5 Å². The molecule has 11 heteroatoms. The van der Waals surface area contributed by atoms with Crippen LogP contribution in [-0.4, -0.2) is 42.4 Å². The maximum absolute atomic E-state index is 13.5. The van der Waals surface area contributed by atoms with Gasteiger partial charge in [-0.2, -0.15) is 18.2 Å². The fourth-order valence-corrected chi connectivity index (χ4v) is 4.50. The molecule has 1 saturated heterocycles. The number of hydrogen-bond acceptors (Lipinski definition) is 6. The van der Waals surface area contributed by atoms with Crippen LogP contribution in [0.25, 0.3) is 0 Å². The van der Waals surface area contributed by atoms with Gasteiger partial charge in [0.05, 0.1) is 5.69 Å². The van der Waals surface area contributed by atoms with Crippen molar-refractivity contribution < 1.29 is 17.7 Å². The van der Waals surface area contributed by atoms with Gasteiger partial charge < -0.3 is 20.5 Å². The maximum atomic E-state index is 13.5. The number of benzene rings is 1. The number of nitrogens with one attached hydrogen (secondary N) is 3. The molecule has 1 aliphatic heterocycles. The van der Waals surface area contributed by atoms with Crippen molar-refractivity contribution in [2.24, 2.45) is 0 Å². The minimum absolute atomic E-state index is 0.0333. The Balaban J connectivity index is 1.98. The molecule has 3 N–H and O–H groups in total. The quantitative estimate of drug-likeness (QED) is 0.593. The van der Waals surface area contributed by atoms with E-state index in [0.717, 1.165) is 25.6 Å². The third-order valence-electron chi connectivity index (χ3n) is 4.52. The second kappa shape index (κ2) is 8.50. The minimum Gasteiger partial charge on any atom is -0.350 e. The molecule has 2 heterocycles. The normalized spacial score (nSPS) is 17.8. The predicted octanol–water partition coefficient (Wildman–Crippen LogP) is 4.30. The van der Waals surface area contributed by atoms with E-state index in [1.165, 1.54) is 31.5 Å². The molecule has 0 bridgehead atoms. The van der Waals surface area contributed by atoms with Gasteiger partial charge in [0.25, 0.3) is 0 Å². The van der Waals surface area contributed by atoms with Crippen LogP contribution < -0.4 is 21.3 Å². The van der Waals surface area contributed by atoms with Crippen molar-refractivity contribution in [2.45, 2.75) is 25.1 Å². The fourth-order valence-electron chi connectivity index (χ4n) is 3.10. The maximum Gasteiger partial charge on any atom is 0.421 e. The highest BCUT2D eigenvalue weighted by molar-refractivity contribution is 7.70. The zero-order valence-electron chi connectivity index (χ0n) is 16.0. The Morgan fingerprint density at radius 1 is 1.31 bits per heavy atom. The summed E-state index contributed by atoms with van der Waals surface area (Å²) in [6.07, 6.45) is -2.07. The Bertz CT molecular complexity index is 928. The Hall–Kier alpha value is -1.83. The lowest BCUT2D eigenvalue weighted by molar-refractivity contribution is -0.137. The van der Waals surface area contributed by atoms with Crippen LogP contribution in [0.3, 0.4) is 0 Å². The standard InChI is InChI=1S/C18H22ClF3N5OP/c1-29(2,28)15-8-11(19)5-6-14(15)26-16-13(18(20,21)22)10-24-17(27-16)25-12-4-3-7-23-9-12/h5-6,8,10,12,23H,3-4,7,9H2,1-2H3,(H2,24,25,26,27). The molecule has 0 saturated carbocycles. The SMILES string of the molecule is CP(C)(=O)c1cc(Cl)ccc1Nc1nc(NC2CCCNC2)ncc1C(F)(F)F. The van der Waals surface area contributed by atoms with Crippen molar-refractivity contribution in [3.05, 3.63) is 35.0 Å². The topological polar surface area (TPSA) is 78.9 Å². The lowest BCUT2D eigenvalue weighted by atomic mass is 10.1. The van der Waals surface area contributed by atoms with Crippen LogP contribution in [0.2, 0.25) is 5.02 Å². The van der Waals surface area contributed by atoms with Crippen molar-refractivity contribution in [1.82, 2.24) is 15.3 Å². The predicted molar refractivity (Wildman–Crippen MR) is 110 cm³/mol. The molecule has 3 rings (SSSR count). The molecule has 0 amide bonds. The molecule has 1 aromatic heterocycles. The van der Waals surface area contributed by atoms with Crippen LogP contribution in [0.4, 0.5) is 30.6 Å². The number of piperidine rings is 1. The molecule has 1 fully saturated rings. The van der Waals surface area contributed by atoms with E-state index in [1.54, 1.807) is 0 Å². The van der Waals surface area contributed by atoms with Crippen LogP contribution in [0, 0.1) is 0 Å². The first-order chi connectivity index (χ1) is 13.5. The highest BCUT2D eigenvalue weighted by Crippen LogP contribution is 2.41. The summed E-state index contributed by atoms with van der Waals surface area (Å²) < 4.78 is 53.2. The molecule has 1 aliphatic rings. The van der Waals surface area contributed by atoms with E-state index in [-0.39, 0.29) is 17.7 Å². The smallest absolute Gasteiger partial charge is 0.350 e. The summed E-state index contributed by atoms with van der Waals surface area (Å²) in [5.41, 5.74) is -0.745. The molecular weight excluding hydrogens is 426 g/mol. The average Bonchev–Trinajstić information content (AvgIpc) is 2.62. The molecule has 29 heavy (non-hydrogen) atoms. The van der Waals surface area contributed by atoms with E-state index < -0.39 is 24.7 Å². The van der Waals surface area contributed by atoms with Gasteiger partial charge in [0.15, 0.2) is 0 Å². The Morgan fingerprint density at radius 2 is 2.07 bits per heavy atom. The van der Waals surface area contributed by atoms with Crippen LogP contribution >= 0.6 is 18.7 Å². The number of halogens is 4. The van der Waals surface area contributed by atoms with Crippen molar-refractivity contribution in [3.8, 4) is 0 Å². The summed E-state index contributed by atoms with van der Waals surface area (Å²) in [5.74, 6) is -0.309.